The van der Waals surface area contributed by atoms with Gasteiger partial charge < -0.3 is 24.3 Å². The van der Waals surface area contributed by atoms with Crippen LogP contribution < -0.4 is 5.32 Å². The van der Waals surface area contributed by atoms with Crippen molar-refractivity contribution in [3.05, 3.63) is 11.6 Å². The molecule has 1 aliphatic carbocycles. The molecule has 180 valence electrons. The summed E-state index contributed by atoms with van der Waals surface area (Å²) < 4.78 is 25.8. The number of hydrogen-bond acceptors (Lipinski definition) is 9. The van der Waals surface area contributed by atoms with Crippen LogP contribution in [-0.4, -0.2) is 62.2 Å². The Balaban J connectivity index is 1.44. The van der Waals surface area contributed by atoms with Crippen molar-refractivity contribution in [3.63, 3.8) is 0 Å². The first-order valence-corrected chi connectivity index (χ1v) is 11.9. The Hall–Kier alpha value is -2.01. The molecule has 11 heteroatoms. The Kier molecular flexibility index (Phi) is 5.97. The van der Waals surface area contributed by atoms with E-state index in [1.165, 1.54) is 12.8 Å². The monoisotopic (exact) mass is 479 g/mol. The van der Waals surface area contributed by atoms with Gasteiger partial charge in [0.25, 0.3) is 0 Å². The van der Waals surface area contributed by atoms with E-state index in [1.807, 2.05) is 13.8 Å². The van der Waals surface area contributed by atoms with Crippen molar-refractivity contribution in [3.8, 4) is 0 Å². The van der Waals surface area contributed by atoms with Crippen molar-refractivity contribution in [2.45, 2.75) is 89.7 Å². The van der Waals surface area contributed by atoms with Crippen LogP contribution in [0, 0.1) is 5.92 Å². The van der Waals surface area contributed by atoms with Gasteiger partial charge in [0.15, 0.2) is 29.0 Å². The van der Waals surface area contributed by atoms with Gasteiger partial charge in [0.05, 0.1) is 12.2 Å². The van der Waals surface area contributed by atoms with Gasteiger partial charge in [0.2, 0.25) is 5.28 Å². The highest BCUT2D eigenvalue weighted by atomic mass is 35.5. The molecule has 5 rings (SSSR count). The first kappa shape index (κ1) is 22.8. The number of nitrogens with one attached hydrogen (secondary N) is 1. The van der Waals surface area contributed by atoms with E-state index in [-0.39, 0.29) is 23.8 Å². The van der Waals surface area contributed by atoms with Gasteiger partial charge in [0, 0.05) is 6.04 Å². The standard InChI is InChI=1S/C22H30ClN5O5/c1-11(2)20(29)30-9-13-15-16(33-22(3,4)32-15)19(31-13)28-10-24-14-17(25-12-7-5-6-8-12)26-21(23)27-18(14)28/h10-13,15-16,19H,5-9H2,1-4H3,(H,25,26,27)/t13-,15-,16-,19-/m1/s1. The summed E-state index contributed by atoms with van der Waals surface area (Å²) in [6.07, 6.45) is 4.34. The number of fused-ring (bicyclic) bond motifs is 2. The molecule has 0 radical (unpaired) electrons. The molecule has 0 unspecified atom stereocenters. The van der Waals surface area contributed by atoms with E-state index in [1.54, 1.807) is 24.7 Å². The number of halogens is 1. The summed E-state index contributed by atoms with van der Waals surface area (Å²) in [6, 6.07) is 0.351. The largest absolute Gasteiger partial charge is 0.463 e. The van der Waals surface area contributed by atoms with Gasteiger partial charge in [-0.1, -0.05) is 26.7 Å². The molecule has 0 aromatic carbocycles. The maximum atomic E-state index is 12.0. The Morgan fingerprint density at radius 1 is 1.27 bits per heavy atom. The summed E-state index contributed by atoms with van der Waals surface area (Å²) in [5.74, 6) is -0.684. The minimum Gasteiger partial charge on any atom is -0.463 e. The summed E-state index contributed by atoms with van der Waals surface area (Å²) in [5, 5.41) is 3.60. The van der Waals surface area contributed by atoms with Gasteiger partial charge in [0.1, 0.15) is 24.9 Å². The smallest absolute Gasteiger partial charge is 0.308 e. The molecule has 1 N–H and O–H groups in total. The summed E-state index contributed by atoms with van der Waals surface area (Å²) in [5.41, 5.74) is 1.17. The van der Waals surface area contributed by atoms with Crippen molar-refractivity contribution in [1.82, 2.24) is 19.5 Å². The van der Waals surface area contributed by atoms with Crippen molar-refractivity contribution in [1.29, 1.82) is 0 Å². The van der Waals surface area contributed by atoms with Crippen molar-refractivity contribution in [2.75, 3.05) is 11.9 Å². The number of carbonyl (C=O) groups is 1. The molecule has 4 atom stereocenters. The highest BCUT2D eigenvalue weighted by Gasteiger charge is 2.56. The van der Waals surface area contributed by atoms with E-state index in [0.29, 0.717) is 23.0 Å². The predicted molar refractivity (Wildman–Crippen MR) is 120 cm³/mol. The van der Waals surface area contributed by atoms with Crippen LogP contribution in [0.3, 0.4) is 0 Å². The lowest BCUT2D eigenvalue weighted by Gasteiger charge is -2.24. The Bertz CT molecular complexity index is 1040. The van der Waals surface area contributed by atoms with Crippen LogP contribution in [0.1, 0.15) is 59.6 Å². The molecular formula is C22H30ClN5O5. The number of anilines is 1. The van der Waals surface area contributed by atoms with Gasteiger partial charge in [-0.3, -0.25) is 9.36 Å². The minimum absolute atomic E-state index is 0.0744. The lowest BCUT2D eigenvalue weighted by molar-refractivity contribution is -0.202. The average Bonchev–Trinajstić information content (AvgIpc) is 3.50. The van der Waals surface area contributed by atoms with Crippen molar-refractivity contribution < 1.29 is 23.7 Å². The minimum atomic E-state index is -0.796. The Morgan fingerprint density at radius 3 is 2.73 bits per heavy atom. The molecule has 10 nitrogen and oxygen atoms in total. The summed E-state index contributed by atoms with van der Waals surface area (Å²) in [6.45, 7) is 7.37. The molecule has 3 aliphatic rings. The van der Waals surface area contributed by atoms with E-state index in [4.69, 9.17) is 30.5 Å². The van der Waals surface area contributed by atoms with E-state index >= 15 is 0 Å². The number of ether oxygens (including phenoxy) is 4. The Labute approximate surface area is 197 Å². The fourth-order valence-corrected chi connectivity index (χ4v) is 4.95. The lowest BCUT2D eigenvalue weighted by Crippen LogP contribution is -2.34. The highest BCUT2D eigenvalue weighted by molar-refractivity contribution is 6.28. The van der Waals surface area contributed by atoms with Crippen LogP contribution >= 0.6 is 11.6 Å². The number of aromatic nitrogens is 4. The zero-order valence-electron chi connectivity index (χ0n) is 19.3. The summed E-state index contributed by atoms with van der Waals surface area (Å²) in [7, 11) is 0. The van der Waals surface area contributed by atoms with E-state index in [0.717, 1.165) is 12.8 Å². The number of carbonyl (C=O) groups excluding carboxylic acids is 1. The van der Waals surface area contributed by atoms with Crippen LogP contribution in [0.25, 0.3) is 11.2 Å². The third-order valence-corrected chi connectivity index (χ3v) is 6.52. The van der Waals surface area contributed by atoms with Gasteiger partial charge >= 0.3 is 5.97 Å². The SMILES string of the molecule is CC(C)C(=O)OC[C@H]1O[C@@H](n2cnc3c(NC4CCCC4)nc(Cl)nc32)[C@@H]2OC(C)(C)O[C@@H]21. The van der Waals surface area contributed by atoms with E-state index in [2.05, 4.69) is 20.3 Å². The average molecular weight is 480 g/mol. The van der Waals surface area contributed by atoms with Crippen LogP contribution in [-0.2, 0) is 23.7 Å². The molecule has 2 aromatic rings. The third kappa shape index (κ3) is 4.41. The first-order valence-electron chi connectivity index (χ1n) is 11.6. The van der Waals surface area contributed by atoms with Gasteiger partial charge in [-0.2, -0.15) is 9.97 Å². The van der Waals surface area contributed by atoms with Crippen molar-refractivity contribution in [2.24, 2.45) is 5.92 Å². The number of hydrogen-bond donors (Lipinski definition) is 1. The fraction of sp³-hybridized carbons (Fsp3) is 0.727. The quantitative estimate of drug-likeness (QED) is 0.492. The molecule has 2 aromatic heterocycles. The van der Waals surface area contributed by atoms with E-state index < -0.39 is 30.3 Å². The number of imidazole rings is 1. The molecule has 1 saturated carbocycles. The number of esters is 1. The molecule has 33 heavy (non-hydrogen) atoms. The van der Waals surface area contributed by atoms with Gasteiger partial charge in [-0.15, -0.1) is 0 Å². The molecular weight excluding hydrogens is 450 g/mol. The second kappa shape index (κ2) is 8.65. The molecule has 2 aliphatic heterocycles. The van der Waals surface area contributed by atoms with Gasteiger partial charge in [-0.25, -0.2) is 4.98 Å². The van der Waals surface area contributed by atoms with Gasteiger partial charge in [-0.05, 0) is 38.3 Å². The molecule has 0 amide bonds. The molecule has 0 bridgehead atoms. The maximum absolute atomic E-state index is 12.0. The molecule has 0 spiro atoms. The summed E-state index contributed by atoms with van der Waals surface area (Å²) in [4.78, 5) is 25.4. The second-order valence-electron chi connectivity index (χ2n) is 9.71. The van der Waals surface area contributed by atoms with Crippen LogP contribution in [0.15, 0.2) is 6.33 Å². The molecule has 3 fully saturated rings. The van der Waals surface area contributed by atoms with Crippen molar-refractivity contribution >= 4 is 34.6 Å². The van der Waals surface area contributed by atoms with Crippen LogP contribution in [0.4, 0.5) is 5.82 Å². The molecule has 4 heterocycles. The second-order valence-corrected chi connectivity index (χ2v) is 10.0. The zero-order valence-corrected chi connectivity index (χ0v) is 20.0. The van der Waals surface area contributed by atoms with Crippen LogP contribution in [0.2, 0.25) is 5.28 Å². The third-order valence-electron chi connectivity index (χ3n) is 6.35. The summed E-state index contributed by atoms with van der Waals surface area (Å²) >= 11 is 6.29. The number of rotatable bonds is 6. The van der Waals surface area contributed by atoms with E-state index in [9.17, 15) is 4.79 Å². The Morgan fingerprint density at radius 2 is 2.00 bits per heavy atom. The first-order chi connectivity index (χ1) is 15.7. The zero-order chi connectivity index (χ0) is 23.3. The number of nitrogens with zero attached hydrogens (tertiary/aromatic N) is 4. The highest BCUT2D eigenvalue weighted by Crippen LogP contribution is 2.44. The van der Waals surface area contributed by atoms with Crippen LogP contribution in [0.5, 0.6) is 0 Å². The maximum Gasteiger partial charge on any atom is 0.308 e. The lowest BCUT2D eigenvalue weighted by atomic mass is 10.1. The molecule has 2 saturated heterocycles. The topological polar surface area (TPSA) is 110 Å². The predicted octanol–water partition coefficient (Wildman–Crippen LogP) is 3.45. The normalized spacial score (nSPS) is 29.2. The fourth-order valence-electron chi connectivity index (χ4n) is 4.79.